The average molecular weight is 486 g/mol. The lowest BCUT2D eigenvalue weighted by molar-refractivity contribution is -0.143. The van der Waals surface area contributed by atoms with Crippen LogP contribution in [0.2, 0.25) is 0 Å². The number of esters is 1. The minimum atomic E-state index is -0.982. The molecule has 1 amide bonds. The van der Waals surface area contributed by atoms with E-state index in [4.69, 9.17) is 9.47 Å². The van der Waals surface area contributed by atoms with E-state index in [1.807, 2.05) is 32.0 Å². The van der Waals surface area contributed by atoms with Crippen molar-refractivity contribution < 1.29 is 28.6 Å². The third-order valence-electron chi connectivity index (χ3n) is 5.91. The Balaban J connectivity index is 2.14. The third-order valence-corrected chi connectivity index (χ3v) is 5.91. The van der Waals surface area contributed by atoms with Gasteiger partial charge in [-0.1, -0.05) is 17.7 Å². The predicted octanol–water partition coefficient (Wildman–Crippen LogP) is 6.00. The van der Waals surface area contributed by atoms with E-state index in [1.54, 1.807) is 33.8 Å². The predicted molar refractivity (Wildman–Crippen MR) is 133 cm³/mol. The molecule has 35 heavy (non-hydrogen) atoms. The van der Waals surface area contributed by atoms with Gasteiger partial charge in [0.05, 0.1) is 25.7 Å². The van der Waals surface area contributed by atoms with Crippen LogP contribution in [0.4, 0.5) is 9.18 Å². The summed E-state index contributed by atoms with van der Waals surface area (Å²) in [6.07, 6.45) is 0.771. The van der Waals surface area contributed by atoms with Crippen molar-refractivity contribution in [3.05, 3.63) is 57.9 Å². The molecule has 1 saturated carbocycles. The fourth-order valence-corrected chi connectivity index (χ4v) is 4.43. The maximum absolute atomic E-state index is 15.9. The first-order valence-corrected chi connectivity index (χ1v) is 12.1. The molecule has 0 bridgehead atoms. The number of aryl methyl sites for hydroxylation is 2. The van der Waals surface area contributed by atoms with Crippen LogP contribution in [0.1, 0.15) is 86.7 Å². The first-order chi connectivity index (χ1) is 16.4. The molecule has 0 aromatic heterocycles. The average Bonchev–Trinajstić information content (AvgIpc) is 3.57. The zero-order valence-electron chi connectivity index (χ0n) is 21.5. The first kappa shape index (κ1) is 26.7. The second kappa shape index (κ2) is 10.8. The topological polar surface area (TPSA) is 84.9 Å². The number of alkyl carbamates (subject to hydrolysis) is 1. The van der Waals surface area contributed by atoms with Gasteiger partial charge in [0.15, 0.2) is 0 Å². The number of ether oxygens (including phenoxy) is 2. The number of hydrogen-bond donors (Lipinski definition) is 2. The summed E-state index contributed by atoms with van der Waals surface area (Å²) in [5.74, 6) is -0.896. The fourth-order valence-electron chi connectivity index (χ4n) is 4.43. The summed E-state index contributed by atoms with van der Waals surface area (Å²) in [6.45, 7) is 10.8. The van der Waals surface area contributed by atoms with Crippen molar-refractivity contribution >= 4 is 12.1 Å². The Labute approximate surface area is 206 Å². The maximum Gasteiger partial charge on any atom is 0.408 e. The molecule has 6 nitrogen and oxygen atoms in total. The lowest BCUT2D eigenvalue weighted by Crippen LogP contribution is -2.36. The molecule has 0 heterocycles. The van der Waals surface area contributed by atoms with Crippen LogP contribution in [-0.4, -0.2) is 29.4 Å². The van der Waals surface area contributed by atoms with Crippen LogP contribution in [0.3, 0.4) is 0 Å². The number of carbonyl (C=O) groups is 2. The van der Waals surface area contributed by atoms with Gasteiger partial charge in [0.2, 0.25) is 0 Å². The minimum Gasteiger partial charge on any atom is -0.466 e. The smallest absolute Gasteiger partial charge is 0.408 e. The first-order valence-electron chi connectivity index (χ1n) is 12.1. The van der Waals surface area contributed by atoms with E-state index in [1.165, 1.54) is 0 Å². The van der Waals surface area contributed by atoms with E-state index in [-0.39, 0.29) is 31.1 Å². The fraction of sp³-hybridized carbons (Fsp3) is 0.500. The van der Waals surface area contributed by atoms with Crippen LogP contribution in [0.15, 0.2) is 24.3 Å². The quantitative estimate of drug-likeness (QED) is 0.448. The summed E-state index contributed by atoms with van der Waals surface area (Å²) >= 11 is 0. The Hall–Kier alpha value is -2.93. The van der Waals surface area contributed by atoms with Gasteiger partial charge in [-0.15, -0.1) is 0 Å². The molecule has 0 spiro atoms. The number of amides is 1. The summed E-state index contributed by atoms with van der Waals surface area (Å²) < 4.78 is 26.4. The molecule has 1 fully saturated rings. The van der Waals surface area contributed by atoms with Gasteiger partial charge in [0, 0.05) is 5.56 Å². The largest absolute Gasteiger partial charge is 0.466 e. The third kappa shape index (κ3) is 6.82. The summed E-state index contributed by atoms with van der Waals surface area (Å²) in [5, 5.41) is 12.7. The van der Waals surface area contributed by atoms with Gasteiger partial charge in [-0.05, 0) is 100 Å². The number of rotatable bonds is 8. The molecule has 2 aromatic rings. The van der Waals surface area contributed by atoms with E-state index < -0.39 is 29.5 Å². The number of aliphatic hydroxyl groups excluding tert-OH is 1. The SMILES string of the molecule is CCOC(=O)C[C@H](NC(=O)OC(C)(C)C)c1cc(-c2c(C)cc(C)cc2CO)cc(C2CC2)c1F. The summed E-state index contributed by atoms with van der Waals surface area (Å²) in [6, 6.07) is 6.45. The molecule has 1 atom stereocenters. The molecular weight excluding hydrogens is 449 g/mol. The van der Waals surface area contributed by atoms with E-state index in [0.717, 1.165) is 40.7 Å². The highest BCUT2D eigenvalue weighted by Crippen LogP contribution is 2.45. The molecule has 7 heteroatoms. The van der Waals surface area contributed by atoms with E-state index >= 15 is 4.39 Å². The highest BCUT2D eigenvalue weighted by molar-refractivity contribution is 5.76. The molecule has 0 radical (unpaired) electrons. The molecule has 190 valence electrons. The number of carbonyl (C=O) groups excluding carboxylic acids is 2. The van der Waals surface area contributed by atoms with Crippen molar-refractivity contribution in [2.75, 3.05) is 6.61 Å². The van der Waals surface area contributed by atoms with E-state index in [9.17, 15) is 14.7 Å². The van der Waals surface area contributed by atoms with Crippen molar-refractivity contribution in [2.24, 2.45) is 0 Å². The van der Waals surface area contributed by atoms with Crippen molar-refractivity contribution in [3.8, 4) is 11.1 Å². The van der Waals surface area contributed by atoms with Crippen LogP contribution >= 0.6 is 0 Å². The monoisotopic (exact) mass is 485 g/mol. The Morgan fingerprint density at radius 2 is 1.86 bits per heavy atom. The van der Waals surface area contributed by atoms with Crippen LogP contribution < -0.4 is 5.32 Å². The van der Waals surface area contributed by atoms with Gasteiger partial charge in [-0.25, -0.2) is 9.18 Å². The molecule has 2 aromatic carbocycles. The van der Waals surface area contributed by atoms with E-state index in [0.29, 0.717) is 5.56 Å². The highest BCUT2D eigenvalue weighted by atomic mass is 19.1. The summed E-state index contributed by atoms with van der Waals surface area (Å²) in [5.41, 5.74) is 4.28. The zero-order chi connectivity index (χ0) is 25.9. The number of benzene rings is 2. The Morgan fingerprint density at radius 1 is 1.17 bits per heavy atom. The lowest BCUT2D eigenvalue weighted by Gasteiger charge is -2.25. The molecule has 1 aliphatic rings. The Kier molecular flexibility index (Phi) is 8.21. The van der Waals surface area contributed by atoms with Gasteiger partial charge in [0.25, 0.3) is 0 Å². The maximum atomic E-state index is 15.9. The van der Waals surface area contributed by atoms with Crippen LogP contribution in [0.5, 0.6) is 0 Å². The van der Waals surface area contributed by atoms with Gasteiger partial charge in [-0.2, -0.15) is 0 Å². The van der Waals surface area contributed by atoms with Crippen LogP contribution in [0, 0.1) is 19.7 Å². The van der Waals surface area contributed by atoms with E-state index in [2.05, 4.69) is 5.32 Å². The summed E-state index contributed by atoms with van der Waals surface area (Å²) in [4.78, 5) is 25.0. The molecule has 0 saturated heterocycles. The van der Waals surface area contributed by atoms with Crippen molar-refractivity contribution in [2.45, 2.75) is 85.0 Å². The molecule has 0 aliphatic heterocycles. The van der Waals surface area contributed by atoms with Crippen molar-refractivity contribution in [1.29, 1.82) is 0 Å². The van der Waals surface area contributed by atoms with Crippen molar-refractivity contribution in [3.63, 3.8) is 0 Å². The van der Waals surface area contributed by atoms with Crippen LogP contribution in [-0.2, 0) is 20.9 Å². The molecule has 0 unspecified atom stereocenters. The second-order valence-corrected chi connectivity index (χ2v) is 10.2. The van der Waals surface area contributed by atoms with Gasteiger partial charge in [-0.3, -0.25) is 4.79 Å². The second-order valence-electron chi connectivity index (χ2n) is 10.2. The number of aliphatic hydroxyl groups is 1. The molecule has 3 rings (SSSR count). The Bertz CT molecular complexity index is 1100. The van der Waals surface area contributed by atoms with Crippen molar-refractivity contribution in [1.82, 2.24) is 5.32 Å². The van der Waals surface area contributed by atoms with Gasteiger partial charge in [0.1, 0.15) is 11.4 Å². The Morgan fingerprint density at radius 3 is 2.43 bits per heavy atom. The zero-order valence-corrected chi connectivity index (χ0v) is 21.5. The van der Waals surface area contributed by atoms with Gasteiger partial charge < -0.3 is 19.9 Å². The number of halogens is 1. The van der Waals surface area contributed by atoms with Gasteiger partial charge >= 0.3 is 12.1 Å². The lowest BCUT2D eigenvalue weighted by atomic mass is 9.88. The number of hydrogen-bond acceptors (Lipinski definition) is 5. The normalized spacial score (nSPS) is 14.4. The standard InChI is InChI=1S/C28H36FNO5/c1-7-34-24(32)14-23(30-27(33)35-28(4,5)6)22-13-19(12-21(26(22)29)18-8-9-18)25-17(3)10-16(2)11-20(25)15-31/h10-13,18,23,31H,7-9,14-15H2,1-6H3,(H,30,33)/t23-/m0/s1. The molecule has 2 N–H and O–H groups in total. The van der Waals surface area contributed by atoms with Crippen LogP contribution in [0.25, 0.3) is 11.1 Å². The highest BCUT2D eigenvalue weighted by Gasteiger charge is 2.32. The minimum absolute atomic E-state index is 0.0850. The molecular formula is C28H36FNO5. The number of nitrogens with one attached hydrogen (secondary N) is 1. The molecule has 1 aliphatic carbocycles. The summed E-state index contributed by atoms with van der Waals surface area (Å²) in [7, 11) is 0.